The summed E-state index contributed by atoms with van der Waals surface area (Å²) in [5.41, 5.74) is 1.04. The van der Waals surface area contributed by atoms with Crippen LogP contribution in [-0.2, 0) is 6.42 Å². The van der Waals surface area contributed by atoms with Crippen LogP contribution in [0.5, 0.6) is 0 Å². The van der Waals surface area contributed by atoms with Crippen molar-refractivity contribution in [3.63, 3.8) is 0 Å². The topological polar surface area (TPSA) is 23.8 Å². The van der Waals surface area contributed by atoms with Crippen LogP contribution < -0.4 is 0 Å². The van der Waals surface area contributed by atoms with Crippen molar-refractivity contribution in [1.29, 1.82) is 5.26 Å². The van der Waals surface area contributed by atoms with Crippen LogP contribution in [0.2, 0.25) is 0 Å². The van der Waals surface area contributed by atoms with E-state index in [0.717, 1.165) is 0 Å². The van der Waals surface area contributed by atoms with Crippen molar-refractivity contribution < 1.29 is 4.39 Å². The monoisotopic (exact) mass is 251 g/mol. The van der Waals surface area contributed by atoms with Crippen LogP contribution >= 0.6 is 15.9 Å². The van der Waals surface area contributed by atoms with E-state index in [9.17, 15) is 4.39 Å². The highest BCUT2D eigenvalue weighted by atomic mass is 79.9. The Hall–Kier alpha value is -1.32. The fraction of sp³-hybridized carbons (Fsp3) is 0.182. The molecule has 0 spiro atoms. The first-order chi connectivity index (χ1) is 6.77. The molecule has 0 heterocycles. The van der Waals surface area contributed by atoms with Crippen LogP contribution in [0.3, 0.4) is 0 Å². The standard InChI is InChI=1S/C11H7BrFN/c12-6-1-2-10-4-3-9(5-7-14)8-11(10)13/h3-4,8H,5-6H2. The lowest BCUT2D eigenvalue weighted by molar-refractivity contribution is 0.622. The summed E-state index contributed by atoms with van der Waals surface area (Å²) in [6, 6.07) is 6.62. The van der Waals surface area contributed by atoms with E-state index in [-0.39, 0.29) is 12.2 Å². The zero-order chi connectivity index (χ0) is 10.4. The number of nitriles is 1. The third-order valence-corrected chi connectivity index (χ3v) is 1.89. The first-order valence-corrected chi connectivity index (χ1v) is 5.10. The van der Waals surface area contributed by atoms with Crippen molar-refractivity contribution >= 4 is 15.9 Å². The molecule has 0 fully saturated rings. The quantitative estimate of drug-likeness (QED) is 0.556. The third-order valence-electron chi connectivity index (χ3n) is 1.61. The van der Waals surface area contributed by atoms with Gasteiger partial charge in [-0.1, -0.05) is 33.8 Å². The number of benzene rings is 1. The summed E-state index contributed by atoms with van der Waals surface area (Å²) in [4.78, 5) is 0. The number of hydrogen-bond acceptors (Lipinski definition) is 1. The molecule has 0 amide bonds. The third kappa shape index (κ3) is 2.87. The molecular formula is C11H7BrFN. The fourth-order valence-electron chi connectivity index (χ4n) is 0.990. The Morgan fingerprint density at radius 1 is 1.43 bits per heavy atom. The Labute approximate surface area is 90.7 Å². The number of halogens is 2. The molecule has 0 N–H and O–H groups in total. The van der Waals surface area contributed by atoms with Crippen LogP contribution in [0.15, 0.2) is 18.2 Å². The van der Waals surface area contributed by atoms with Gasteiger partial charge in [0, 0.05) is 0 Å². The summed E-state index contributed by atoms with van der Waals surface area (Å²) in [7, 11) is 0. The second-order valence-electron chi connectivity index (χ2n) is 2.58. The van der Waals surface area contributed by atoms with E-state index in [1.807, 2.05) is 6.07 Å². The van der Waals surface area contributed by atoms with Crippen LogP contribution in [0.4, 0.5) is 4.39 Å². The van der Waals surface area contributed by atoms with E-state index >= 15 is 0 Å². The molecule has 1 rings (SSSR count). The molecule has 0 saturated carbocycles. The summed E-state index contributed by atoms with van der Waals surface area (Å²) in [6.07, 6.45) is 0.225. The Morgan fingerprint density at radius 3 is 2.79 bits per heavy atom. The van der Waals surface area contributed by atoms with Gasteiger partial charge in [-0.3, -0.25) is 0 Å². The molecule has 0 aliphatic heterocycles. The van der Waals surface area contributed by atoms with Crippen LogP contribution in [0, 0.1) is 29.0 Å². The van der Waals surface area contributed by atoms with Crippen molar-refractivity contribution in [1.82, 2.24) is 0 Å². The number of hydrogen-bond donors (Lipinski definition) is 0. The average molecular weight is 252 g/mol. The summed E-state index contributed by atoms with van der Waals surface area (Å²) in [6.45, 7) is 0. The van der Waals surface area contributed by atoms with Gasteiger partial charge in [-0.05, 0) is 17.7 Å². The van der Waals surface area contributed by atoms with Crippen molar-refractivity contribution in [2.45, 2.75) is 6.42 Å². The Bertz CT molecular complexity index is 423. The summed E-state index contributed by atoms with van der Waals surface area (Å²) >= 11 is 3.13. The zero-order valence-corrected chi connectivity index (χ0v) is 8.94. The highest BCUT2D eigenvalue weighted by molar-refractivity contribution is 9.09. The predicted octanol–water partition coefficient (Wildman–Crippen LogP) is 2.64. The molecule has 70 valence electrons. The van der Waals surface area contributed by atoms with Crippen LogP contribution in [0.1, 0.15) is 11.1 Å². The minimum absolute atomic E-state index is 0.225. The second-order valence-corrected chi connectivity index (χ2v) is 3.15. The van der Waals surface area contributed by atoms with Gasteiger partial charge in [0.1, 0.15) is 5.82 Å². The van der Waals surface area contributed by atoms with Gasteiger partial charge in [-0.2, -0.15) is 5.26 Å². The lowest BCUT2D eigenvalue weighted by atomic mass is 10.1. The van der Waals surface area contributed by atoms with E-state index < -0.39 is 0 Å². The Morgan fingerprint density at radius 2 is 2.21 bits per heavy atom. The summed E-state index contributed by atoms with van der Waals surface area (Å²) < 4.78 is 13.3. The molecule has 0 radical (unpaired) electrons. The van der Waals surface area contributed by atoms with Crippen LogP contribution in [-0.4, -0.2) is 5.33 Å². The van der Waals surface area contributed by atoms with E-state index in [4.69, 9.17) is 5.26 Å². The smallest absolute Gasteiger partial charge is 0.139 e. The van der Waals surface area contributed by atoms with Gasteiger partial charge in [-0.25, -0.2) is 4.39 Å². The molecule has 1 aromatic rings. The van der Waals surface area contributed by atoms with Crippen molar-refractivity contribution in [2.75, 3.05) is 5.33 Å². The second kappa shape index (κ2) is 5.42. The molecule has 3 heteroatoms. The average Bonchev–Trinajstić information content (AvgIpc) is 2.17. The largest absolute Gasteiger partial charge is 0.206 e. The van der Waals surface area contributed by atoms with Gasteiger partial charge >= 0.3 is 0 Å². The number of alkyl halides is 1. The lowest BCUT2D eigenvalue weighted by Gasteiger charge is -1.97. The number of nitrogens with zero attached hydrogens (tertiary/aromatic N) is 1. The minimum Gasteiger partial charge on any atom is -0.206 e. The van der Waals surface area contributed by atoms with Crippen LogP contribution in [0.25, 0.3) is 0 Å². The van der Waals surface area contributed by atoms with Crippen molar-refractivity contribution in [3.8, 4) is 17.9 Å². The van der Waals surface area contributed by atoms with Gasteiger partial charge in [0.2, 0.25) is 0 Å². The minimum atomic E-state index is -0.369. The first-order valence-electron chi connectivity index (χ1n) is 3.98. The summed E-state index contributed by atoms with van der Waals surface area (Å²) in [5, 5.41) is 8.93. The summed E-state index contributed by atoms with van der Waals surface area (Å²) in [5.74, 6) is 5.03. The van der Waals surface area contributed by atoms with Gasteiger partial charge in [-0.15, -0.1) is 0 Å². The maximum atomic E-state index is 13.3. The SMILES string of the molecule is N#CCc1ccc(C#CCBr)c(F)c1. The predicted molar refractivity (Wildman–Crippen MR) is 56.4 cm³/mol. The molecule has 14 heavy (non-hydrogen) atoms. The molecule has 0 aliphatic rings. The highest BCUT2D eigenvalue weighted by Crippen LogP contribution is 2.09. The fourth-order valence-corrected chi connectivity index (χ4v) is 1.13. The normalized spacial score (nSPS) is 8.64. The molecule has 1 nitrogen and oxygen atoms in total. The molecule has 0 aromatic heterocycles. The maximum Gasteiger partial charge on any atom is 0.139 e. The molecule has 0 aliphatic carbocycles. The molecular weight excluding hydrogens is 245 g/mol. The number of rotatable bonds is 1. The van der Waals surface area contributed by atoms with Crippen molar-refractivity contribution in [3.05, 3.63) is 35.1 Å². The molecule has 1 aromatic carbocycles. The lowest BCUT2D eigenvalue weighted by Crippen LogP contribution is -1.88. The molecule has 0 saturated heterocycles. The Balaban J connectivity index is 2.96. The van der Waals surface area contributed by atoms with Gasteiger partial charge in [0.15, 0.2) is 0 Å². The van der Waals surface area contributed by atoms with Gasteiger partial charge < -0.3 is 0 Å². The first kappa shape index (κ1) is 10.8. The Kier molecular flexibility index (Phi) is 4.16. The molecule has 0 atom stereocenters. The van der Waals surface area contributed by atoms with E-state index in [2.05, 4.69) is 27.8 Å². The highest BCUT2D eigenvalue weighted by Gasteiger charge is 2.00. The van der Waals surface area contributed by atoms with E-state index in [1.165, 1.54) is 6.07 Å². The zero-order valence-electron chi connectivity index (χ0n) is 7.35. The van der Waals surface area contributed by atoms with Crippen molar-refractivity contribution in [2.24, 2.45) is 0 Å². The van der Waals surface area contributed by atoms with E-state index in [1.54, 1.807) is 12.1 Å². The van der Waals surface area contributed by atoms with Gasteiger partial charge in [0.25, 0.3) is 0 Å². The molecule has 0 unspecified atom stereocenters. The van der Waals surface area contributed by atoms with E-state index in [0.29, 0.717) is 16.5 Å². The van der Waals surface area contributed by atoms with Gasteiger partial charge in [0.05, 0.1) is 23.4 Å². The molecule has 0 bridgehead atoms. The maximum absolute atomic E-state index is 13.3.